The van der Waals surface area contributed by atoms with E-state index < -0.39 is 21.9 Å². The number of anilines is 1. The highest BCUT2D eigenvalue weighted by molar-refractivity contribution is 7.89. The van der Waals surface area contributed by atoms with Crippen LogP contribution in [-0.4, -0.2) is 42.8 Å². The number of aromatic carboxylic acids is 1. The Morgan fingerprint density at radius 1 is 1.13 bits per heavy atom. The Hall–Kier alpha value is -3.22. The molecule has 0 bridgehead atoms. The van der Waals surface area contributed by atoms with Crippen molar-refractivity contribution >= 4 is 27.6 Å². The van der Waals surface area contributed by atoms with E-state index in [-0.39, 0.29) is 33.3 Å². The number of rotatable bonds is 6. The van der Waals surface area contributed by atoms with Crippen molar-refractivity contribution in [3.63, 3.8) is 0 Å². The molecule has 0 atom stereocenters. The van der Waals surface area contributed by atoms with Crippen LogP contribution in [0.2, 0.25) is 0 Å². The zero-order valence-electron chi connectivity index (χ0n) is 17.0. The van der Waals surface area contributed by atoms with Crippen LogP contribution in [0.5, 0.6) is 0 Å². The standard InChI is InChI=1S/C22H23N3O5S/c1-25(17-7-3-2-4-8-17)31(29,30)18-9-5-6-16(13-18)21(26)24-20-11-10-15(14-23)12-19(20)22(27)28/h5-6,9-13,17H,2-4,7-8H2,1H3,(H,24,26)(H,27,28). The maximum Gasteiger partial charge on any atom is 0.337 e. The van der Waals surface area contributed by atoms with E-state index in [1.54, 1.807) is 7.05 Å². The fraction of sp³-hybridized carbons (Fsp3) is 0.318. The average Bonchev–Trinajstić information content (AvgIpc) is 2.79. The van der Waals surface area contributed by atoms with Gasteiger partial charge in [0.15, 0.2) is 0 Å². The van der Waals surface area contributed by atoms with E-state index in [1.807, 2.05) is 6.07 Å². The number of benzene rings is 2. The van der Waals surface area contributed by atoms with Gasteiger partial charge in [0.05, 0.1) is 27.8 Å². The Morgan fingerprint density at radius 3 is 2.48 bits per heavy atom. The van der Waals surface area contributed by atoms with Crippen molar-refractivity contribution in [2.24, 2.45) is 0 Å². The van der Waals surface area contributed by atoms with Crippen molar-refractivity contribution in [3.05, 3.63) is 59.2 Å². The monoisotopic (exact) mass is 441 g/mol. The van der Waals surface area contributed by atoms with Gasteiger partial charge in [0.1, 0.15) is 0 Å². The molecule has 0 heterocycles. The van der Waals surface area contributed by atoms with Gasteiger partial charge in [0.2, 0.25) is 10.0 Å². The van der Waals surface area contributed by atoms with Crippen LogP contribution in [0.25, 0.3) is 0 Å². The largest absolute Gasteiger partial charge is 0.478 e. The lowest BCUT2D eigenvalue weighted by atomic mass is 9.96. The highest BCUT2D eigenvalue weighted by atomic mass is 32.2. The maximum absolute atomic E-state index is 13.1. The lowest BCUT2D eigenvalue weighted by Crippen LogP contribution is -2.38. The van der Waals surface area contributed by atoms with E-state index in [4.69, 9.17) is 5.26 Å². The summed E-state index contributed by atoms with van der Waals surface area (Å²) in [5, 5.41) is 20.8. The van der Waals surface area contributed by atoms with Gasteiger partial charge < -0.3 is 10.4 Å². The second-order valence-electron chi connectivity index (χ2n) is 7.47. The zero-order valence-corrected chi connectivity index (χ0v) is 17.9. The molecule has 0 radical (unpaired) electrons. The maximum atomic E-state index is 13.1. The van der Waals surface area contributed by atoms with E-state index in [0.29, 0.717) is 0 Å². The van der Waals surface area contributed by atoms with Gasteiger partial charge in [-0.05, 0) is 49.2 Å². The number of nitriles is 1. The minimum atomic E-state index is -3.77. The summed E-state index contributed by atoms with van der Waals surface area (Å²) in [6.45, 7) is 0. The summed E-state index contributed by atoms with van der Waals surface area (Å²) in [5.74, 6) is -1.94. The predicted octanol–water partition coefficient (Wildman–Crippen LogP) is 3.46. The van der Waals surface area contributed by atoms with Crippen LogP contribution in [-0.2, 0) is 10.0 Å². The summed E-state index contributed by atoms with van der Waals surface area (Å²) in [6.07, 6.45) is 4.71. The Morgan fingerprint density at radius 2 is 1.84 bits per heavy atom. The van der Waals surface area contributed by atoms with Crippen LogP contribution >= 0.6 is 0 Å². The molecule has 9 heteroatoms. The average molecular weight is 442 g/mol. The Bertz CT molecular complexity index is 1150. The minimum Gasteiger partial charge on any atom is -0.478 e. The van der Waals surface area contributed by atoms with Crippen molar-refractivity contribution in [1.29, 1.82) is 5.26 Å². The summed E-state index contributed by atoms with van der Waals surface area (Å²) in [7, 11) is -2.21. The summed E-state index contributed by atoms with van der Waals surface area (Å²) in [5.41, 5.74) is 0.0188. The summed E-state index contributed by atoms with van der Waals surface area (Å²) in [6, 6.07) is 11.3. The minimum absolute atomic E-state index is 0.00603. The topological polar surface area (TPSA) is 128 Å². The van der Waals surface area contributed by atoms with E-state index >= 15 is 0 Å². The zero-order chi connectivity index (χ0) is 22.6. The van der Waals surface area contributed by atoms with E-state index in [2.05, 4.69) is 5.32 Å². The third-order valence-electron chi connectivity index (χ3n) is 5.49. The smallest absolute Gasteiger partial charge is 0.337 e. The molecule has 1 aliphatic carbocycles. The number of amides is 1. The van der Waals surface area contributed by atoms with Crippen molar-refractivity contribution in [3.8, 4) is 6.07 Å². The molecule has 2 aromatic rings. The van der Waals surface area contributed by atoms with Crippen LogP contribution in [0, 0.1) is 11.3 Å². The van der Waals surface area contributed by atoms with E-state index in [9.17, 15) is 23.1 Å². The van der Waals surface area contributed by atoms with Gasteiger partial charge in [-0.15, -0.1) is 0 Å². The van der Waals surface area contributed by atoms with Gasteiger partial charge in [0.25, 0.3) is 5.91 Å². The second-order valence-corrected chi connectivity index (χ2v) is 9.47. The number of carbonyl (C=O) groups is 2. The van der Waals surface area contributed by atoms with Gasteiger partial charge >= 0.3 is 5.97 Å². The molecule has 1 fully saturated rings. The number of carboxylic acid groups (broad SMARTS) is 1. The van der Waals surface area contributed by atoms with Crippen LogP contribution < -0.4 is 5.32 Å². The Balaban J connectivity index is 1.85. The lowest BCUT2D eigenvalue weighted by Gasteiger charge is -2.30. The molecule has 8 nitrogen and oxygen atoms in total. The first-order valence-corrected chi connectivity index (χ1v) is 11.3. The molecular formula is C22H23N3O5S. The number of nitrogens with zero attached hydrogens (tertiary/aromatic N) is 2. The molecular weight excluding hydrogens is 418 g/mol. The van der Waals surface area contributed by atoms with Crippen molar-refractivity contribution in [2.45, 2.75) is 43.0 Å². The predicted molar refractivity (Wildman–Crippen MR) is 114 cm³/mol. The molecule has 2 N–H and O–H groups in total. The highest BCUT2D eigenvalue weighted by Gasteiger charge is 2.29. The fourth-order valence-corrected chi connectivity index (χ4v) is 5.16. The first-order chi connectivity index (χ1) is 14.7. The van der Waals surface area contributed by atoms with Gasteiger partial charge in [-0.3, -0.25) is 4.79 Å². The molecule has 1 saturated carbocycles. The van der Waals surface area contributed by atoms with Gasteiger partial charge in [-0.2, -0.15) is 9.57 Å². The molecule has 1 aliphatic rings. The third kappa shape index (κ3) is 4.93. The first kappa shape index (κ1) is 22.5. The quantitative estimate of drug-likeness (QED) is 0.707. The SMILES string of the molecule is CN(C1CCCCC1)S(=O)(=O)c1cccc(C(=O)Nc2ccc(C#N)cc2C(=O)O)c1. The summed E-state index contributed by atoms with van der Waals surface area (Å²) >= 11 is 0. The molecule has 0 spiro atoms. The number of carbonyl (C=O) groups excluding carboxylic acids is 1. The number of hydrogen-bond donors (Lipinski definition) is 2. The van der Waals surface area contributed by atoms with Crippen molar-refractivity contribution < 1.29 is 23.1 Å². The number of hydrogen-bond acceptors (Lipinski definition) is 5. The van der Waals surface area contributed by atoms with Crippen molar-refractivity contribution in [1.82, 2.24) is 4.31 Å². The molecule has 0 unspecified atom stereocenters. The molecule has 3 rings (SSSR count). The molecule has 1 amide bonds. The molecule has 162 valence electrons. The van der Waals surface area contributed by atoms with Gasteiger partial charge in [-0.1, -0.05) is 25.3 Å². The summed E-state index contributed by atoms with van der Waals surface area (Å²) in [4.78, 5) is 24.2. The van der Waals surface area contributed by atoms with Crippen molar-refractivity contribution in [2.75, 3.05) is 12.4 Å². The van der Waals surface area contributed by atoms with Crippen LogP contribution in [0.1, 0.15) is 58.4 Å². The normalized spacial score (nSPS) is 14.7. The first-order valence-electron chi connectivity index (χ1n) is 9.91. The van der Waals surface area contributed by atoms with Gasteiger partial charge in [-0.25, -0.2) is 13.2 Å². The molecule has 2 aromatic carbocycles. The third-order valence-corrected chi connectivity index (χ3v) is 7.40. The number of carboxylic acids is 1. The van der Waals surface area contributed by atoms with Crippen LogP contribution in [0.4, 0.5) is 5.69 Å². The lowest BCUT2D eigenvalue weighted by molar-refractivity contribution is 0.0698. The van der Waals surface area contributed by atoms with E-state index in [0.717, 1.165) is 38.2 Å². The molecule has 31 heavy (non-hydrogen) atoms. The second kappa shape index (κ2) is 9.29. The number of sulfonamides is 1. The fourth-order valence-electron chi connectivity index (χ4n) is 3.70. The highest BCUT2D eigenvalue weighted by Crippen LogP contribution is 2.27. The molecule has 0 aliphatic heterocycles. The Labute approximate surface area is 181 Å². The molecule has 0 saturated heterocycles. The van der Waals surface area contributed by atoms with Crippen LogP contribution in [0.15, 0.2) is 47.4 Å². The van der Waals surface area contributed by atoms with E-state index in [1.165, 1.54) is 40.7 Å². The van der Waals surface area contributed by atoms with Crippen LogP contribution in [0.3, 0.4) is 0 Å². The van der Waals surface area contributed by atoms with Gasteiger partial charge in [0, 0.05) is 18.7 Å². The Kier molecular flexibility index (Phi) is 6.73. The number of nitrogens with one attached hydrogen (secondary N) is 1. The molecule has 0 aromatic heterocycles. The summed E-state index contributed by atoms with van der Waals surface area (Å²) < 4.78 is 27.5.